The SMILES string of the molecule is C=C(C)C(=O)OCCC[Si](CCCCCC)(CCCCCC)CCCCCC. The predicted octanol–water partition coefficient (Wildman–Crippen LogP) is 8.69. The zero-order chi connectivity index (χ0) is 21.1. The Labute approximate surface area is 177 Å². The molecule has 0 N–H and O–H groups in total. The number of hydrogen-bond acceptors (Lipinski definition) is 2. The Morgan fingerprint density at radius 3 is 1.43 bits per heavy atom. The Kier molecular flexibility index (Phi) is 18.1. The van der Waals surface area contributed by atoms with Crippen molar-refractivity contribution in [2.45, 2.75) is 135 Å². The first-order chi connectivity index (χ1) is 13.5. The fourth-order valence-corrected chi connectivity index (χ4v) is 9.66. The van der Waals surface area contributed by atoms with E-state index in [9.17, 15) is 4.79 Å². The molecule has 0 spiro atoms. The highest BCUT2D eigenvalue weighted by Gasteiger charge is 2.30. The second-order valence-electron chi connectivity index (χ2n) is 8.95. The average Bonchev–Trinajstić information content (AvgIpc) is 2.69. The van der Waals surface area contributed by atoms with E-state index in [0.717, 1.165) is 6.42 Å². The highest BCUT2D eigenvalue weighted by Crippen LogP contribution is 2.34. The van der Waals surface area contributed by atoms with Crippen molar-refractivity contribution in [2.24, 2.45) is 0 Å². The quantitative estimate of drug-likeness (QED) is 0.0868. The number of hydrogen-bond donors (Lipinski definition) is 0. The molecule has 3 heteroatoms. The predicted molar refractivity (Wildman–Crippen MR) is 128 cm³/mol. The maximum atomic E-state index is 11.7. The van der Waals surface area contributed by atoms with Crippen LogP contribution in [-0.4, -0.2) is 20.7 Å². The third-order valence-electron chi connectivity index (χ3n) is 6.12. The van der Waals surface area contributed by atoms with Gasteiger partial charge >= 0.3 is 5.97 Å². The third kappa shape index (κ3) is 14.4. The number of carbonyl (C=O) groups is 1. The summed E-state index contributed by atoms with van der Waals surface area (Å²) in [5, 5.41) is 0. The third-order valence-corrected chi connectivity index (χ3v) is 11.8. The largest absolute Gasteiger partial charge is 0.462 e. The molecule has 0 aromatic carbocycles. The van der Waals surface area contributed by atoms with E-state index in [1.165, 1.54) is 101 Å². The van der Waals surface area contributed by atoms with Crippen LogP contribution in [0.1, 0.15) is 111 Å². The summed E-state index contributed by atoms with van der Waals surface area (Å²) >= 11 is 0. The molecule has 0 aromatic heterocycles. The van der Waals surface area contributed by atoms with E-state index in [0.29, 0.717) is 12.2 Å². The van der Waals surface area contributed by atoms with Gasteiger partial charge in [-0.05, 0) is 13.3 Å². The van der Waals surface area contributed by atoms with Gasteiger partial charge in [0.25, 0.3) is 0 Å². The second-order valence-corrected chi connectivity index (χ2v) is 14.0. The molecule has 0 bridgehead atoms. The van der Waals surface area contributed by atoms with E-state index in [1.807, 2.05) is 0 Å². The molecule has 0 radical (unpaired) electrons. The molecule has 0 aromatic rings. The summed E-state index contributed by atoms with van der Waals surface area (Å²) in [7, 11) is -1.26. The molecule has 0 heterocycles. The lowest BCUT2D eigenvalue weighted by molar-refractivity contribution is -0.138. The van der Waals surface area contributed by atoms with Crippen molar-refractivity contribution in [1.29, 1.82) is 0 Å². The fraction of sp³-hybridized carbons (Fsp3) is 0.880. The van der Waals surface area contributed by atoms with Gasteiger partial charge < -0.3 is 4.74 Å². The van der Waals surface area contributed by atoms with Crippen LogP contribution < -0.4 is 0 Å². The maximum Gasteiger partial charge on any atom is 0.333 e. The number of ether oxygens (including phenoxy) is 1. The van der Waals surface area contributed by atoms with Crippen molar-refractivity contribution in [3.05, 3.63) is 12.2 Å². The minimum Gasteiger partial charge on any atom is -0.462 e. The first kappa shape index (κ1) is 27.4. The number of esters is 1. The standard InChI is InChI=1S/C25H50O2Si/c1-6-9-12-15-20-28(21-16-13-10-7-2,22-17-14-11-8-3)23-18-19-27-25(26)24(4)5/h4,6-23H2,1-3,5H3. The zero-order valence-electron chi connectivity index (χ0n) is 19.8. The highest BCUT2D eigenvalue weighted by molar-refractivity contribution is 6.79. The molecule has 0 rings (SSSR count). The van der Waals surface area contributed by atoms with E-state index in [1.54, 1.807) is 6.92 Å². The molecule has 0 aliphatic carbocycles. The minimum absolute atomic E-state index is 0.221. The van der Waals surface area contributed by atoms with Gasteiger partial charge in [0.1, 0.15) is 0 Å². The highest BCUT2D eigenvalue weighted by atomic mass is 28.3. The number of unbranched alkanes of at least 4 members (excludes halogenated alkanes) is 9. The molecular formula is C25H50O2Si. The van der Waals surface area contributed by atoms with E-state index >= 15 is 0 Å². The molecule has 166 valence electrons. The van der Waals surface area contributed by atoms with Crippen LogP contribution in [0, 0.1) is 0 Å². The Bertz CT molecular complexity index is 361. The molecule has 0 saturated heterocycles. The first-order valence-electron chi connectivity index (χ1n) is 12.3. The van der Waals surface area contributed by atoms with Gasteiger partial charge in [-0.15, -0.1) is 0 Å². The van der Waals surface area contributed by atoms with Crippen molar-refractivity contribution < 1.29 is 9.53 Å². The van der Waals surface area contributed by atoms with Crippen LogP contribution in [0.4, 0.5) is 0 Å². The summed E-state index contributed by atoms with van der Waals surface area (Å²) in [6, 6.07) is 5.85. The van der Waals surface area contributed by atoms with Crippen LogP contribution in [0.2, 0.25) is 24.2 Å². The summed E-state index contributed by atoms with van der Waals surface area (Å²) in [6.45, 7) is 12.9. The van der Waals surface area contributed by atoms with E-state index in [2.05, 4.69) is 27.4 Å². The lowest BCUT2D eigenvalue weighted by Crippen LogP contribution is -2.34. The van der Waals surface area contributed by atoms with Crippen LogP contribution in [0.25, 0.3) is 0 Å². The molecule has 0 aliphatic heterocycles. The van der Waals surface area contributed by atoms with E-state index in [-0.39, 0.29) is 5.97 Å². The molecule has 2 nitrogen and oxygen atoms in total. The topological polar surface area (TPSA) is 26.3 Å². The molecule has 0 atom stereocenters. The molecule has 0 aliphatic rings. The second kappa shape index (κ2) is 18.5. The van der Waals surface area contributed by atoms with Crippen molar-refractivity contribution in [2.75, 3.05) is 6.61 Å². The monoisotopic (exact) mass is 410 g/mol. The molecule has 0 unspecified atom stereocenters. The van der Waals surface area contributed by atoms with Gasteiger partial charge in [0, 0.05) is 5.57 Å². The van der Waals surface area contributed by atoms with Gasteiger partial charge in [-0.3, -0.25) is 0 Å². The Balaban J connectivity index is 4.79. The van der Waals surface area contributed by atoms with Crippen molar-refractivity contribution in [3.63, 3.8) is 0 Å². The number of carbonyl (C=O) groups excluding carboxylic acids is 1. The fourth-order valence-electron chi connectivity index (χ4n) is 4.27. The smallest absolute Gasteiger partial charge is 0.333 e. The Morgan fingerprint density at radius 1 is 0.679 bits per heavy atom. The van der Waals surface area contributed by atoms with Crippen LogP contribution in [0.3, 0.4) is 0 Å². The summed E-state index contributed by atoms with van der Waals surface area (Å²) in [4.78, 5) is 11.7. The van der Waals surface area contributed by atoms with Crippen LogP contribution in [-0.2, 0) is 9.53 Å². The molecule has 0 amide bonds. The van der Waals surface area contributed by atoms with Gasteiger partial charge in [-0.25, -0.2) is 4.79 Å². The van der Waals surface area contributed by atoms with Crippen molar-refractivity contribution in [1.82, 2.24) is 0 Å². The summed E-state index contributed by atoms with van der Waals surface area (Å²) < 4.78 is 5.41. The summed E-state index contributed by atoms with van der Waals surface area (Å²) in [5.74, 6) is -0.221. The Morgan fingerprint density at radius 2 is 1.07 bits per heavy atom. The molecule has 0 saturated carbocycles. The average molecular weight is 411 g/mol. The van der Waals surface area contributed by atoms with Gasteiger partial charge in [-0.1, -0.05) is 129 Å². The van der Waals surface area contributed by atoms with Crippen LogP contribution in [0.5, 0.6) is 0 Å². The zero-order valence-corrected chi connectivity index (χ0v) is 20.8. The van der Waals surface area contributed by atoms with E-state index in [4.69, 9.17) is 4.74 Å². The molecule has 0 fully saturated rings. The lowest BCUT2D eigenvalue weighted by atomic mass is 10.2. The van der Waals surface area contributed by atoms with Gasteiger partial charge in [-0.2, -0.15) is 0 Å². The summed E-state index contributed by atoms with van der Waals surface area (Å²) in [6.07, 6.45) is 17.6. The Hall–Kier alpha value is -0.573. The van der Waals surface area contributed by atoms with Gasteiger partial charge in [0.05, 0.1) is 14.7 Å². The maximum absolute atomic E-state index is 11.7. The van der Waals surface area contributed by atoms with Crippen molar-refractivity contribution >= 4 is 14.0 Å². The van der Waals surface area contributed by atoms with Crippen molar-refractivity contribution in [3.8, 4) is 0 Å². The summed E-state index contributed by atoms with van der Waals surface area (Å²) in [5.41, 5.74) is 0.516. The first-order valence-corrected chi connectivity index (χ1v) is 15.2. The lowest BCUT2D eigenvalue weighted by Gasteiger charge is -2.33. The molecule has 28 heavy (non-hydrogen) atoms. The van der Waals surface area contributed by atoms with Crippen LogP contribution in [0.15, 0.2) is 12.2 Å². The molecular weight excluding hydrogens is 360 g/mol. The van der Waals surface area contributed by atoms with Crippen LogP contribution >= 0.6 is 0 Å². The normalized spacial score (nSPS) is 11.6. The minimum atomic E-state index is -1.26. The van der Waals surface area contributed by atoms with Gasteiger partial charge in [0.2, 0.25) is 0 Å². The number of rotatable bonds is 20. The van der Waals surface area contributed by atoms with E-state index < -0.39 is 8.07 Å². The van der Waals surface area contributed by atoms with Gasteiger partial charge in [0.15, 0.2) is 0 Å².